The van der Waals surface area contributed by atoms with E-state index in [9.17, 15) is 0 Å². The van der Waals surface area contributed by atoms with Crippen molar-refractivity contribution in [2.75, 3.05) is 9.80 Å². The summed E-state index contributed by atoms with van der Waals surface area (Å²) in [7, 11) is 0. The molecule has 0 unspecified atom stereocenters. The van der Waals surface area contributed by atoms with E-state index in [0.29, 0.717) is 0 Å². The van der Waals surface area contributed by atoms with Gasteiger partial charge in [0.05, 0.1) is 5.69 Å². The second kappa shape index (κ2) is 15.4. The number of para-hydroxylation sites is 1. The zero-order valence-electron chi connectivity index (χ0n) is 33.9. The average molecular weight is 751 g/mol. The minimum atomic E-state index is 0.0674. The zero-order valence-corrected chi connectivity index (χ0v) is 33.9. The highest BCUT2D eigenvalue weighted by atomic mass is 15.1. The van der Waals surface area contributed by atoms with Crippen LogP contribution in [0.4, 0.5) is 34.1 Å². The lowest BCUT2D eigenvalue weighted by molar-refractivity contribution is 0.332. The molecule has 0 fully saturated rings. The highest BCUT2D eigenvalue weighted by Crippen LogP contribution is 2.52. The first-order valence-electron chi connectivity index (χ1n) is 20.6. The molecule has 0 atom stereocenters. The number of fused-ring (bicyclic) bond motifs is 1. The van der Waals surface area contributed by atoms with Gasteiger partial charge in [0, 0.05) is 28.4 Å². The minimum Gasteiger partial charge on any atom is -0.311 e. The molecule has 9 rings (SSSR count). The SMILES string of the molecule is CC1(C)CCC(C)(C)c2c(N(c3ccccc3)c3ccc(-c4ccc(N(c5ccc(-c6ccccc6)cc5)c5ccc(-c6ccccc6)cc5)cc4)cc3)cccc21. The van der Waals surface area contributed by atoms with Crippen LogP contribution in [0.3, 0.4) is 0 Å². The van der Waals surface area contributed by atoms with E-state index in [1.165, 1.54) is 62.3 Å². The molecule has 0 spiro atoms. The van der Waals surface area contributed by atoms with Crippen LogP contribution in [0, 0.1) is 0 Å². The highest BCUT2D eigenvalue weighted by Gasteiger charge is 2.39. The van der Waals surface area contributed by atoms with Crippen LogP contribution in [0.2, 0.25) is 0 Å². The normalized spacial score (nSPS) is 14.0. The van der Waals surface area contributed by atoms with Crippen LogP contribution in [0.15, 0.2) is 206 Å². The van der Waals surface area contributed by atoms with Crippen molar-refractivity contribution in [2.45, 2.75) is 51.4 Å². The van der Waals surface area contributed by atoms with E-state index >= 15 is 0 Å². The first kappa shape index (κ1) is 37.0. The van der Waals surface area contributed by atoms with Crippen molar-refractivity contribution < 1.29 is 0 Å². The molecule has 8 aromatic carbocycles. The average Bonchev–Trinajstić information content (AvgIpc) is 3.27. The second-order valence-electron chi connectivity index (χ2n) is 16.9. The van der Waals surface area contributed by atoms with Gasteiger partial charge in [-0.2, -0.15) is 0 Å². The first-order chi connectivity index (χ1) is 28.2. The molecule has 8 aromatic rings. The van der Waals surface area contributed by atoms with Crippen molar-refractivity contribution in [2.24, 2.45) is 0 Å². The van der Waals surface area contributed by atoms with Crippen LogP contribution in [-0.4, -0.2) is 0 Å². The van der Waals surface area contributed by atoms with E-state index < -0.39 is 0 Å². The van der Waals surface area contributed by atoms with Gasteiger partial charge in [-0.25, -0.2) is 0 Å². The van der Waals surface area contributed by atoms with Crippen molar-refractivity contribution in [3.05, 3.63) is 217 Å². The van der Waals surface area contributed by atoms with Crippen LogP contribution in [0.1, 0.15) is 51.7 Å². The molecule has 0 radical (unpaired) electrons. The third-order valence-electron chi connectivity index (χ3n) is 12.1. The summed E-state index contributed by atoms with van der Waals surface area (Å²) in [5, 5.41) is 0. The van der Waals surface area contributed by atoms with Gasteiger partial charge in [-0.3, -0.25) is 0 Å². The number of nitrogens with zero attached hydrogens (tertiary/aromatic N) is 2. The van der Waals surface area contributed by atoms with Crippen LogP contribution in [0.25, 0.3) is 33.4 Å². The smallest absolute Gasteiger partial charge is 0.0502 e. The molecule has 1 aliphatic carbocycles. The maximum atomic E-state index is 2.46. The molecule has 0 saturated heterocycles. The molecule has 0 amide bonds. The molecule has 2 heteroatoms. The standard InChI is InChI=1S/C56H50N2/c1-55(2)39-40-56(3,4)54-52(55)21-14-22-53(54)58(47-19-12-7-13-20-47)51-37-29-46(30-38-51)45-27-35-50(36-28-45)57(48-31-23-43(24-32-48)41-15-8-5-9-16-41)49-33-25-44(26-34-49)42-17-10-6-11-18-42/h5-38H,39-40H2,1-4H3. The Morgan fingerprint density at radius 1 is 0.293 bits per heavy atom. The lowest BCUT2D eigenvalue weighted by atomic mass is 9.62. The molecular weight excluding hydrogens is 701 g/mol. The van der Waals surface area contributed by atoms with Crippen LogP contribution < -0.4 is 9.80 Å². The Kier molecular flexibility index (Phi) is 9.79. The number of anilines is 6. The predicted octanol–water partition coefficient (Wildman–Crippen LogP) is 16.0. The lowest BCUT2D eigenvalue weighted by Crippen LogP contribution is -2.35. The first-order valence-corrected chi connectivity index (χ1v) is 20.6. The summed E-state index contributed by atoms with van der Waals surface area (Å²) in [6, 6.07) is 74.8. The zero-order chi connectivity index (χ0) is 39.7. The van der Waals surface area contributed by atoms with E-state index in [1.807, 2.05) is 0 Å². The highest BCUT2D eigenvalue weighted by molar-refractivity contribution is 5.84. The van der Waals surface area contributed by atoms with Gasteiger partial charge in [0.2, 0.25) is 0 Å². The van der Waals surface area contributed by atoms with E-state index in [1.54, 1.807) is 0 Å². The van der Waals surface area contributed by atoms with Crippen LogP contribution in [0.5, 0.6) is 0 Å². The fourth-order valence-electron chi connectivity index (χ4n) is 8.81. The Hall–Kier alpha value is -6.64. The maximum absolute atomic E-state index is 2.46. The summed E-state index contributed by atoms with van der Waals surface area (Å²) < 4.78 is 0. The Bertz CT molecular complexity index is 2520. The Morgan fingerprint density at radius 2 is 0.621 bits per heavy atom. The van der Waals surface area contributed by atoms with Crippen molar-refractivity contribution in [1.82, 2.24) is 0 Å². The third kappa shape index (κ3) is 7.23. The molecular formula is C56H50N2. The molecule has 0 aromatic heterocycles. The Morgan fingerprint density at radius 3 is 1.03 bits per heavy atom. The van der Waals surface area contributed by atoms with Crippen LogP contribution in [-0.2, 0) is 10.8 Å². The number of benzene rings is 8. The number of hydrogen-bond acceptors (Lipinski definition) is 2. The molecule has 0 saturated carbocycles. The van der Waals surface area contributed by atoms with Crippen molar-refractivity contribution in [3.8, 4) is 33.4 Å². The summed E-state index contributed by atoms with van der Waals surface area (Å²) in [4.78, 5) is 4.80. The molecule has 0 N–H and O–H groups in total. The second-order valence-corrected chi connectivity index (χ2v) is 16.9. The quantitative estimate of drug-likeness (QED) is 0.145. The van der Waals surface area contributed by atoms with Crippen molar-refractivity contribution >= 4 is 34.1 Å². The Labute approximate surface area is 344 Å². The number of hydrogen-bond donors (Lipinski definition) is 0. The lowest BCUT2D eigenvalue weighted by Gasteiger charge is -2.44. The molecule has 0 aliphatic heterocycles. The van der Waals surface area contributed by atoms with E-state index in [0.717, 1.165) is 29.2 Å². The largest absolute Gasteiger partial charge is 0.311 e. The minimum absolute atomic E-state index is 0.0674. The van der Waals surface area contributed by atoms with Gasteiger partial charge >= 0.3 is 0 Å². The molecule has 0 heterocycles. The molecule has 58 heavy (non-hydrogen) atoms. The summed E-state index contributed by atoms with van der Waals surface area (Å²) in [6.07, 6.45) is 2.35. The van der Waals surface area contributed by atoms with Crippen LogP contribution >= 0.6 is 0 Å². The summed E-state index contributed by atoms with van der Waals surface area (Å²) >= 11 is 0. The molecule has 1 aliphatic rings. The molecule has 2 nitrogen and oxygen atoms in total. The Balaban J connectivity index is 1.06. The van der Waals surface area contributed by atoms with Gasteiger partial charge in [-0.15, -0.1) is 0 Å². The van der Waals surface area contributed by atoms with Gasteiger partial charge < -0.3 is 9.80 Å². The summed E-state index contributed by atoms with van der Waals surface area (Å²) in [5.74, 6) is 0. The van der Waals surface area contributed by atoms with Gasteiger partial charge in [0.1, 0.15) is 0 Å². The van der Waals surface area contributed by atoms with E-state index in [-0.39, 0.29) is 10.8 Å². The molecule has 0 bridgehead atoms. The fourth-order valence-corrected chi connectivity index (χ4v) is 8.81. The van der Waals surface area contributed by atoms with E-state index in [4.69, 9.17) is 0 Å². The van der Waals surface area contributed by atoms with Crippen molar-refractivity contribution in [3.63, 3.8) is 0 Å². The topological polar surface area (TPSA) is 6.48 Å². The van der Waals surface area contributed by atoms with E-state index in [2.05, 4.69) is 244 Å². The third-order valence-corrected chi connectivity index (χ3v) is 12.1. The summed E-state index contributed by atoms with van der Waals surface area (Å²) in [5.41, 5.74) is 17.2. The van der Waals surface area contributed by atoms with Gasteiger partial charge in [0.15, 0.2) is 0 Å². The maximum Gasteiger partial charge on any atom is 0.0502 e. The van der Waals surface area contributed by atoms with Gasteiger partial charge in [0.25, 0.3) is 0 Å². The fraction of sp³-hybridized carbons (Fsp3) is 0.143. The molecule has 284 valence electrons. The van der Waals surface area contributed by atoms with Crippen molar-refractivity contribution in [1.29, 1.82) is 0 Å². The summed E-state index contributed by atoms with van der Waals surface area (Å²) in [6.45, 7) is 9.64. The van der Waals surface area contributed by atoms with Gasteiger partial charge in [-0.1, -0.05) is 167 Å². The monoisotopic (exact) mass is 750 g/mol. The van der Waals surface area contributed by atoms with Gasteiger partial charge in [-0.05, 0) is 135 Å². The number of rotatable bonds is 9. The predicted molar refractivity (Wildman–Crippen MR) is 247 cm³/mol.